The summed E-state index contributed by atoms with van der Waals surface area (Å²) in [5.41, 5.74) is 3.96. The number of aryl methyl sites for hydroxylation is 1. The van der Waals surface area contributed by atoms with Gasteiger partial charge in [0.05, 0.1) is 11.4 Å². The summed E-state index contributed by atoms with van der Waals surface area (Å²) in [5.74, 6) is -0.163. The normalized spacial score (nSPS) is 12.4. The fourth-order valence-electron chi connectivity index (χ4n) is 2.03. The first-order valence-electron chi connectivity index (χ1n) is 6.59. The van der Waals surface area contributed by atoms with Crippen LogP contribution in [0.2, 0.25) is 0 Å². The monoisotopic (exact) mass is 336 g/mol. The van der Waals surface area contributed by atoms with Crippen LogP contribution in [0.5, 0.6) is 0 Å². The second-order valence-corrected chi connectivity index (χ2v) is 5.77. The predicted molar refractivity (Wildman–Crippen MR) is 83.9 cm³/mol. The van der Waals surface area contributed by atoms with E-state index in [0.29, 0.717) is 5.56 Å². The van der Waals surface area contributed by atoms with Crippen molar-refractivity contribution in [2.75, 3.05) is 13.7 Å². The molecule has 1 unspecified atom stereocenters. The number of hydrogen-bond acceptors (Lipinski definition) is 1. The van der Waals surface area contributed by atoms with Gasteiger partial charge in [-0.15, -0.1) is 0 Å². The molecule has 2 aromatic rings. The minimum atomic E-state index is -0.163. The molecule has 0 aliphatic carbocycles. The van der Waals surface area contributed by atoms with Gasteiger partial charge in [0.15, 0.2) is 0 Å². The van der Waals surface area contributed by atoms with Gasteiger partial charge in [-0.3, -0.25) is 0 Å². The third-order valence-electron chi connectivity index (χ3n) is 3.36. The van der Waals surface area contributed by atoms with Gasteiger partial charge < -0.3 is 4.74 Å². The van der Waals surface area contributed by atoms with Gasteiger partial charge in [-0.2, -0.15) is 0 Å². The zero-order valence-electron chi connectivity index (χ0n) is 11.7. The Morgan fingerprint density at radius 1 is 1.10 bits per heavy atom. The van der Waals surface area contributed by atoms with Crippen LogP contribution >= 0.6 is 15.9 Å². The molecule has 106 valence electrons. The van der Waals surface area contributed by atoms with E-state index in [-0.39, 0.29) is 10.6 Å². The Kier molecular flexibility index (Phi) is 5.32. The van der Waals surface area contributed by atoms with Crippen LogP contribution < -0.4 is 0 Å². The summed E-state index contributed by atoms with van der Waals surface area (Å²) in [6.45, 7) is 2.49. The van der Waals surface area contributed by atoms with Crippen LogP contribution in [0.4, 0.5) is 4.39 Å². The molecule has 1 nitrogen and oxygen atoms in total. The van der Waals surface area contributed by atoms with Crippen LogP contribution in [0.1, 0.15) is 27.1 Å². The summed E-state index contributed by atoms with van der Waals surface area (Å²) >= 11 is 3.64. The third-order valence-corrected chi connectivity index (χ3v) is 4.41. The molecule has 2 aromatic carbocycles. The molecule has 20 heavy (non-hydrogen) atoms. The highest BCUT2D eigenvalue weighted by Gasteiger charge is 2.11. The average Bonchev–Trinajstić information content (AvgIpc) is 2.48. The standard InChI is InChI=1S/C17H18BrFO/c1-12-3-6-15(11-16(12)19)17(18)14-7-4-13(5-8-14)9-10-20-2/h3-8,11,17H,9-10H2,1-2H3. The Bertz CT molecular complexity index is 566. The molecule has 0 radical (unpaired) electrons. The van der Waals surface area contributed by atoms with Crippen molar-refractivity contribution < 1.29 is 9.13 Å². The van der Waals surface area contributed by atoms with Gasteiger partial charge in [-0.1, -0.05) is 52.3 Å². The van der Waals surface area contributed by atoms with Crippen molar-refractivity contribution in [1.29, 1.82) is 0 Å². The van der Waals surface area contributed by atoms with Crippen molar-refractivity contribution in [3.63, 3.8) is 0 Å². The maximum atomic E-state index is 13.6. The Balaban J connectivity index is 2.15. The van der Waals surface area contributed by atoms with E-state index in [1.165, 1.54) is 5.56 Å². The Labute approximate surface area is 127 Å². The van der Waals surface area contributed by atoms with Crippen LogP contribution in [-0.2, 0) is 11.2 Å². The Morgan fingerprint density at radius 3 is 2.35 bits per heavy atom. The maximum absolute atomic E-state index is 13.6. The van der Waals surface area contributed by atoms with Crippen molar-refractivity contribution in [3.05, 3.63) is 70.5 Å². The fourth-order valence-corrected chi connectivity index (χ4v) is 2.62. The van der Waals surface area contributed by atoms with E-state index < -0.39 is 0 Å². The van der Waals surface area contributed by atoms with Crippen LogP contribution in [-0.4, -0.2) is 13.7 Å². The third kappa shape index (κ3) is 3.68. The summed E-state index contributed by atoms with van der Waals surface area (Å²) < 4.78 is 18.7. The van der Waals surface area contributed by atoms with Crippen LogP contribution in [0.25, 0.3) is 0 Å². The number of ether oxygens (including phenoxy) is 1. The molecule has 0 aliphatic heterocycles. The SMILES string of the molecule is COCCc1ccc(C(Br)c2ccc(C)c(F)c2)cc1. The number of methoxy groups -OCH3 is 1. The van der Waals surface area contributed by atoms with Crippen molar-refractivity contribution in [3.8, 4) is 0 Å². The van der Waals surface area contributed by atoms with Crippen molar-refractivity contribution in [1.82, 2.24) is 0 Å². The number of benzene rings is 2. The van der Waals surface area contributed by atoms with E-state index in [0.717, 1.165) is 24.2 Å². The number of rotatable bonds is 5. The zero-order chi connectivity index (χ0) is 14.5. The molecule has 0 heterocycles. The smallest absolute Gasteiger partial charge is 0.126 e. The predicted octanol–water partition coefficient (Wildman–Crippen LogP) is 4.81. The van der Waals surface area contributed by atoms with Crippen LogP contribution in [0.15, 0.2) is 42.5 Å². The molecule has 1 atom stereocenters. The first kappa shape index (κ1) is 15.2. The van der Waals surface area contributed by atoms with E-state index in [9.17, 15) is 4.39 Å². The minimum absolute atomic E-state index is 0.00840. The Hall–Kier alpha value is -1.19. The lowest BCUT2D eigenvalue weighted by Crippen LogP contribution is -1.97. The first-order valence-corrected chi connectivity index (χ1v) is 7.51. The van der Waals surface area contributed by atoms with Crippen molar-refractivity contribution in [2.45, 2.75) is 18.2 Å². The lowest BCUT2D eigenvalue weighted by molar-refractivity contribution is 0.202. The highest BCUT2D eigenvalue weighted by Crippen LogP contribution is 2.31. The molecule has 0 bridgehead atoms. The second kappa shape index (κ2) is 7.00. The maximum Gasteiger partial charge on any atom is 0.126 e. The van der Waals surface area contributed by atoms with Gasteiger partial charge in [-0.25, -0.2) is 4.39 Å². The molecule has 3 heteroatoms. The van der Waals surface area contributed by atoms with Gasteiger partial charge in [0.25, 0.3) is 0 Å². The van der Waals surface area contributed by atoms with E-state index in [1.807, 2.05) is 12.1 Å². The lowest BCUT2D eigenvalue weighted by atomic mass is 10.0. The number of hydrogen-bond donors (Lipinski definition) is 0. The van der Waals surface area contributed by atoms with Crippen molar-refractivity contribution >= 4 is 15.9 Å². The van der Waals surface area contributed by atoms with E-state index in [4.69, 9.17) is 4.74 Å². The topological polar surface area (TPSA) is 9.23 Å². The summed E-state index contributed by atoms with van der Waals surface area (Å²) in [6.07, 6.45) is 0.906. The van der Waals surface area contributed by atoms with Crippen LogP contribution in [0.3, 0.4) is 0 Å². The summed E-state index contributed by atoms with van der Waals surface area (Å²) in [6, 6.07) is 13.7. The van der Waals surface area contributed by atoms with Crippen molar-refractivity contribution in [2.24, 2.45) is 0 Å². The molecular formula is C17H18BrFO. The minimum Gasteiger partial charge on any atom is -0.384 e. The van der Waals surface area contributed by atoms with E-state index in [2.05, 4.69) is 40.2 Å². The Morgan fingerprint density at radius 2 is 1.75 bits per heavy atom. The molecule has 0 saturated carbocycles. The van der Waals surface area contributed by atoms with Crippen LogP contribution in [0, 0.1) is 12.7 Å². The summed E-state index contributed by atoms with van der Waals surface area (Å²) in [7, 11) is 1.70. The number of alkyl halides is 1. The van der Waals surface area contributed by atoms with Gasteiger partial charge in [0, 0.05) is 7.11 Å². The lowest BCUT2D eigenvalue weighted by Gasteiger charge is -2.12. The summed E-state index contributed by atoms with van der Waals surface area (Å²) in [5, 5.41) is 0. The summed E-state index contributed by atoms with van der Waals surface area (Å²) in [4.78, 5) is 0.00840. The zero-order valence-corrected chi connectivity index (χ0v) is 13.3. The van der Waals surface area contributed by atoms with E-state index in [1.54, 1.807) is 20.1 Å². The first-order chi connectivity index (χ1) is 9.61. The van der Waals surface area contributed by atoms with E-state index >= 15 is 0 Å². The quantitative estimate of drug-likeness (QED) is 0.712. The highest BCUT2D eigenvalue weighted by molar-refractivity contribution is 9.09. The molecule has 0 N–H and O–H groups in total. The number of halogens is 2. The average molecular weight is 337 g/mol. The molecule has 0 fully saturated rings. The molecule has 2 rings (SSSR count). The molecule has 0 saturated heterocycles. The molecule has 0 spiro atoms. The second-order valence-electron chi connectivity index (χ2n) is 4.86. The largest absolute Gasteiger partial charge is 0.384 e. The fraction of sp³-hybridized carbons (Fsp3) is 0.294. The van der Waals surface area contributed by atoms with Gasteiger partial charge >= 0.3 is 0 Å². The molecular weight excluding hydrogens is 319 g/mol. The molecule has 0 aliphatic rings. The molecule has 0 aromatic heterocycles. The van der Waals surface area contributed by atoms with Gasteiger partial charge in [-0.05, 0) is 41.7 Å². The van der Waals surface area contributed by atoms with Gasteiger partial charge in [0.1, 0.15) is 5.82 Å². The van der Waals surface area contributed by atoms with Gasteiger partial charge in [0.2, 0.25) is 0 Å². The molecule has 0 amide bonds. The highest BCUT2D eigenvalue weighted by atomic mass is 79.9.